The number of rotatable bonds is 9. The molecule has 0 saturated carbocycles. The van der Waals surface area contributed by atoms with Gasteiger partial charge in [-0.15, -0.1) is 0 Å². The Kier molecular flexibility index (Phi) is 7.41. The van der Waals surface area contributed by atoms with Crippen molar-refractivity contribution in [3.63, 3.8) is 0 Å². The highest BCUT2D eigenvalue weighted by Gasteiger charge is 2.45. The molecule has 0 aromatic heterocycles. The molecule has 3 unspecified atom stereocenters. The van der Waals surface area contributed by atoms with E-state index >= 15 is 0 Å². The predicted molar refractivity (Wildman–Crippen MR) is 80.6 cm³/mol. The van der Waals surface area contributed by atoms with Crippen molar-refractivity contribution in [1.82, 2.24) is 4.90 Å². The van der Waals surface area contributed by atoms with Crippen molar-refractivity contribution in [2.24, 2.45) is 11.3 Å². The number of carbonyl (C=O) groups is 1. The average molecular weight is 283 g/mol. The fourth-order valence-electron chi connectivity index (χ4n) is 3.29. The number of hydrogen-bond acceptors (Lipinski definition) is 4. The van der Waals surface area contributed by atoms with E-state index in [0.29, 0.717) is 13.0 Å². The molecule has 4 heteroatoms. The molecule has 1 aliphatic carbocycles. The van der Waals surface area contributed by atoms with Crippen LogP contribution in [0.1, 0.15) is 32.6 Å². The highest BCUT2D eigenvalue weighted by molar-refractivity contribution is 5.51. The minimum atomic E-state index is -0.253. The molecule has 1 rings (SSSR count). The molecule has 0 saturated heterocycles. The van der Waals surface area contributed by atoms with E-state index < -0.39 is 0 Å². The molecule has 0 heterocycles. The van der Waals surface area contributed by atoms with Crippen LogP contribution in [0, 0.1) is 11.3 Å². The first-order chi connectivity index (χ1) is 9.60. The Hall–Kier alpha value is -0.710. The van der Waals surface area contributed by atoms with Crippen molar-refractivity contribution in [1.29, 1.82) is 0 Å². The number of aliphatic hydroxyl groups excluding tert-OH is 1. The molecule has 0 aromatic rings. The summed E-state index contributed by atoms with van der Waals surface area (Å²) in [7, 11) is 4.10. The summed E-state index contributed by atoms with van der Waals surface area (Å²) in [5.41, 5.74) is -0.253. The monoisotopic (exact) mass is 283 g/mol. The molecule has 0 radical (unpaired) electrons. The summed E-state index contributed by atoms with van der Waals surface area (Å²) in [6, 6.07) is 0. The maximum Gasteiger partial charge on any atom is 0.120 e. The molecule has 0 aromatic carbocycles. The summed E-state index contributed by atoms with van der Waals surface area (Å²) in [4.78, 5) is 13.4. The Morgan fingerprint density at radius 3 is 2.80 bits per heavy atom. The van der Waals surface area contributed by atoms with Gasteiger partial charge in [-0.3, -0.25) is 0 Å². The maximum atomic E-state index is 11.2. The third-order valence-corrected chi connectivity index (χ3v) is 4.39. The van der Waals surface area contributed by atoms with Gasteiger partial charge in [-0.2, -0.15) is 0 Å². The Bertz CT molecular complexity index is 317. The summed E-state index contributed by atoms with van der Waals surface area (Å²) in [6.07, 6.45) is 8.29. The second-order valence-corrected chi connectivity index (χ2v) is 5.93. The normalized spacial score (nSPS) is 29.9. The minimum absolute atomic E-state index is 0.0641. The second-order valence-electron chi connectivity index (χ2n) is 5.93. The lowest BCUT2D eigenvalue weighted by atomic mass is 9.63. The van der Waals surface area contributed by atoms with Gasteiger partial charge in [-0.05, 0) is 52.7 Å². The van der Waals surface area contributed by atoms with E-state index in [1.54, 1.807) is 0 Å². The quantitative estimate of drug-likeness (QED) is 0.518. The zero-order valence-corrected chi connectivity index (χ0v) is 13.0. The molecule has 0 aliphatic heterocycles. The molecule has 0 fully saturated rings. The lowest BCUT2D eigenvalue weighted by Crippen LogP contribution is -2.46. The van der Waals surface area contributed by atoms with E-state index in [1.807, 2.05) is 6.92 Å². The fraction of sp³-hybridized carbons (Fsp3) is 0.812. The van der Waals surface area contributed by atoms with Crippen LogP contribution in [0.25, 0.3) is 0 Å². The van der Waals surface area contributed by atoms with Crippen LogP contribution in [0.4, 0.5) is 0 Å². The van der Waals surface area contributed by atoms with Crippen LogP contribution < -0.4 is 0 Å². The van der Waals surface area contributed by atoms with Crippen molar-refractivity contribution in [2.45, 2.75) is 38.7 Å². The number of nitrogens with zero attached hydrogens (tertiary/aromatic N) is 1. The van der Waals surface area contributed by atoms with Crippen LogP contribution in [0.2, 0.25) is 0 Å². The van der Waals surface area contributed by atoms with Crippen molar-refractivity contribution in [3.05, 3.63) is 12.2 Å². The first-order valence-electron chi connectivity index (χ1n) is 7.58. The van der Waals surface area contributed by atoms with Gasteiger partial charge >= 0.3 is 0 Å². The highest BCUT2D eigenvalue weighted by atomic mass is 16.5. The largest absolute Gasteiger partial charge is 0.396 e. The first kappa shape index (κ1) is 17.3. The number of aldehydes is 1. The second kappa shape index (κ2) is 8.55. The zero-order valence-electron chi connectivity index (χ0n) is 13.0. The molecule has 1 aliphatic rings. The van der Waals surface area contributed by atoms with Gasteiger partial charge in [0.1, 0.15) is 6.29 Å². The van der Waals surface area contributed by atoms with Crippen LogP contribution in [0.15, 0.2) is 12.2 Å². The molecular formula is C16H29NO3. The fourth-order valence-corrected chi connectivity index (χ4v) is 3.29. The van der Waals surface area contributed by atoms with E-state index in [4.69, 9.17) is 4.74 Å². The smallest absolute Gasteiger partial charge is 0.120 e. The van der Waals surface area contributed by atoms with Crippen LogP contribution in [0.3, 0.4) is 0 Å². The maximum absolute atomic E-state index is 11.2. The molecule has 1 N–H and O–H groups in total. The molecule has 116 valence electrons. The zero-order chi connectivity index (χ0) is 15.0. The summed E-state index contributed by atoms with van der Waals surface area (Å²) >= 11 is 0. The topological polar surface area (TPSA) is 49.8 Å². The standard InChI is InChI=1S/C16H29NO3/c1-4-20-15-8-5-7-14(13-19)16(15,10-12-18)9-6-11-17(2)3/h5,8,12,14-15,19H,4,6-7,9-11,13H2,1-3H3. The first-order valence-corrected chi connectivity index (χ1v) is 7.58. The van der Waals surface area contributed by atoms with Crippen LogP contribution >= 0.6 is 0 Å². The molecule has 4 nitrogen and oxygen atoms in total. The third kappa shape index (κ3) is 4.14. The number of hydrogen-bond donors (Lipinski definition) is 1. The van der Waals surface area contributed by atoms with Gasteiger partial charge in [0.05, 0.1) is 6.10 Å². The van der Waals surface area contributed by atoms with Gasteiger partial charge < -0.3 is 19.5 Å². The van der Waals surface area contributed by atoms with Gasteiger partial charge in [0, 0.05) is 25.0 Å². The van der Waals surface area contributed by atoms with Crippen LogP contribution in [-0.4, -0.2) is 56.3 Å². The molecular weight excluding hydrogens is 254 g/mol. The molecule has 3 atom stereocenters. The molecule has 20 heavy (non-hydrogen) atoms. The van der Waals surface area contributed by atoms with Crippen molar-refractivity contribution in [2.75, 3.05) is 33.9 Å². The van der Waals surface area contributed by atoms with E-state index in [2.05, 4.69) is 31.1 Å². The van der Waals surface area contributed by atoms with E-state index in [9.17, 15) is 9.90 Å². The highest BCUT2D eigenvalue weighted by Crippen LogP contribution is 2.46. The Morgan fingerprint density at radius 2 is 2.25 bits per heavy atom. The van der Waals surface area contributed by atoms with E-state index in [0.717, 1.165) is 32.1 Å². The molecule has 0 amide bonds. The molecule has 0 bridgehead atoms. The number of ether oxygens (including phenoxy) is 1. The SMILES string of the molecule is CCOC1C=CCC(CO)C1(CC=O)CCCN(C)C. The van der Waals surface area contributed by atoms with Crippen molar-refractivity contribution >= 4 is 6.29 Å². The van der Waals surface area contributed by atoms with Crippen LogP contribution in [-0.2, 0) is 9.53 Å². The summed E-state index contributed by atoms with van der Waals surface area (Å²) in [6.45, 7) is 3.70. The number of allylic oxidation sites excluding steroid dienone is 1. The summed E-state index contributed by atoms with van der Waals surface area (Å²) < 4.78 is 5.87. The summed E-state index contributed by atoms with van der Waals surface area (Å²) in [5, 5.41) is 9.73. The average Bonchev–Trinajstić information content (AvgIpc) is 2.41. The van der Waals surface area contributed by atoms with E-state index in [1.165, 1.54) is 0 Å². The number of carbonyl (C=O) groups excluding carboxylic acids is 1. The third-order valence-electron chi connectivity index (χ3n) is 4.39. The minimum Gasteiger partial charge on any atom is -0.396 e. The number of aliphatic hydroxyl groups is 1. The Balaban J connectivity index is 2.92. The summed E-state index contributed by atoms with van der Waals surface area (Å²) in [5.74, 6) is 0.108. The van der Waals surface area contributed by atoms with E-state index in [-0.39, 0.29) is 24.0 Å². The van der Waals surface area contributed by atoms with Gasteiger partial charge in [-0.1, -0.05) is 12.2 Å². The van der Waals surface area contributed by atoms with Crippen molar-refractivity contribution < 1.29 is 14.6 Å². The molecule has 0 spiro atoms. The van der Waals surface area contributed by atoms with Gasteiger partial charge in [0.25, 0.3) is 0 Å². The Morgan fingerprint density at radius 1 is 1.50 bits per heavy atom. The van der Waals surface area contributed by atoms with Crippen molar-refractivity contribution in [3.8, 4) is 0 Å². The van der Waals surface area contributed by atoms with Crippen LogP contribution in [0.5, 0.6) is 0 Å². The predicted octanol–water partition coefficient (Wildman–Crippen LogP) is 1.88. The Labute approximate surface area is 122 Å². The lowest BCUT2D eigenvalue weighted by Gasteiger charge is -2.46. The van der Waals surface area contributed by atoms with Gasteiger partial charge in [0.15, 0.2) is 0 Å². The lowest BCUT2D eigenvalue weighted by molar-refractivity contribution is -0.118. The van der Waals surface area contributed by atoms with Gasteiger partial charge in [-0.25, -0.2) is 0 Å². The van der Waals surface area contributed by atoms with Gasteiger partial charge in [0.2, 0.25) is 0 Å².